The Bertz CT molecular complexity index is 1410. The summed E-state index contributed by atoms with van der Waals surface area (Å²) in [5.41, 5.74) is 9.80. The van der Waals surface area contributed by atoms with E-state index in [1.165, 1.54) is 10.6 Å². The van der Waals surface area contributed by atoms with E-state index in [0.29, 0.717) is 45.2 Å². The topological polar surface area (TPSA) is 118 Å². The quantitative estimate of drug-likeness (QED) is 0.296. The predicted octanol–water partition coefficient (Wildman–Crippen LogP) is 4.93. The number of aryl methyl sites for hydroxylation is 2. The number of imidazole rings is 1. The molecule has 0 aliphatic heterocycles. The summed E-state index contributed by atoms with van der Waals surface area (Å²) < 4.78 is 39.7. The lowest BCUT2D eigenvalue weighted by molar-refractivity contribution is -0.131. The molecule has 4 rings (SSSR count). The molecule has 0 fully saturated rings. The van der Waals surface area contributed by atoms with Crippen molar-refractivity contribution in [3.63, 3.8) is 0 Å². The highest BCUT2D eigenvalue weighted by molar-refractivity contribution is 5.95. The van der Waals surface area contributed by atoms with E-state index in [9.17, 15) is 23.1 Å². The summed E-state index contributed by atoms with van der Waals surface area (Å²) in [6.07, 6.45) is -3.77. The number of alkyl halides is 3. The summed E-state index contributed by atoms with van der Waals surface area (Å²) in [7, 11) is 0. The lowest BCUT2D eigenvalue weighted by Gasteiger charge is -2.14. The van der Waals surface area contributed by atoms with E-state index in [0.717, 1.165) is 5.56 Å². The Hall–Kier alpha value is -4.28. The number of phenolic OH excluding ortho intramolecular Hbond substituents is 1. The van der Waals surface area contributed by atoms with Crippen molar-refractivity contribution in [3.05, 3.63) is 65.4 Å². The van der Waals surface area contributed by atoms with Crippen LogP contribution in [0, 0.1) is 13.8 Å². The fraction of sp³-hybridized carbons (Fsp3) is 0.208. The Labute approximate surface area is 198 Å². The molecule has 0 aliphatic carbocycles. The van der Waals surface area contributed by atoms with Crippen LogP contribution >= 0.6 is 0 Å². The maximum Gasteiger partial charge on any atom is 0.390 e. The maximum absolute atomic E-state index is 12.7. The summed E-state index contributed by atoms with van der Waals surface area (Å²) in [5, 5.41) is 20.4. The minimum Gasteiger partial charge on any atom is -0.508 e. The number of carbonyl (C=O) groups excluding carboxylic acids is 1. The molecule has 182 valence electrons. The number of carbonyl (C=O) groups is 1. The van der Waals surface area contributed by atoms with Crippen molar-refractivity contribution in [1.29, 1.82) is 0 Å². The van der Waals surface area contributed by atoms with Gasteiger partial charge in [-0.25, -0.2) is 9.50 Å². The standard InChI is InChI=1S/C24H23F3N6O2/c1-13-3-5-16(34)10-18(13)31-21-11-19(29-8-7-24(25,26)27)23-30-12-20(33(23)32-21)15-4-6-17(22(28)35)14(2)9-15/h3-6,9-12,29,34H,7-8H2,1-2H3,(H2,28,35)(H,31,32). The highest BCUT2D eigenvalue weighted by Crippen LogP contribution is 2.30. The van der Waals surface area contributed by atoms with Gasteiger partial charge in [-0.15, -0.1) is 5.10 Å². The number of nitrogens with one attached hydrogen (secondary N) is 2. The summed E-state index contributed by atoms with van der Waals surface area (Å²) in [4.78, 5) is 16.0. The first-order chi connectivity index (χ1) is 16.5. The van der Waals surface area contributed by atoms with Gasteiger partial charge >= 0.3 is 6.18 Å². The van der Waals surface area contributed by atoms with Gasteiger partial charge in [0, 0.05) is 35.5 Å². The average molecular weight is 484 g/mol. The molecule has 0 spiro atoms. The van der Waals surface area contributed by atoms with Crippen LogP contribution in [0.1, 0.15) is 27.9 Å². The van der Waals surface area contributed by atoms with Crippen LogP contribution in [0.25, 0.3) is 16.9 Å². The molecule has 0 bridgehead atoms. The SMILES string of the molecule is Cc1ccc(O)cc1Nc1cc(NCCC(F)(F)F)c2ncc(-c3ccc(C(N)=O)c(C)c3)n2n1. The Balaban J connectivity index is 1.80. The lowest BCUT2D eigenvalue weighted by Crippen LogP contribution is -2.15. The molecule has 2 aromatic carbocycles. The molecule has 11 heteroatoms. The number of phenols is 1. The number of rotatable bonds is 7. The van der Waals surface area contributed by atoms with E-state index >= 15 is 0 Å². The number of hydrogen-bond donors (Lipinski definition) is 4. The third kappa shape index (κ3) is 5.29. The zero-order valence-corrected chi connectivity index (χ0v) is 18.9. The molecule has 0 radical (unpaired) electrons. The summed E-state index contributed by atoms with van der Waals surface area (Å²) in [6.45, 7) is 3.25. The summed E-state index contributed by atoms with van der Waals surface area (Å²) in [5.74, 6) is -0.170. The smallest absolute Gasteiger partial charge is 0.390 e. The van der Waals surface area contributed by atoms with Gasteiger partial charge in [-0.1, -0.05) is 12.1 Å². The lowest BCUT2D eigenvalue weighted by atomic mass is 10.0. The molecule has 1 amide bonds. The summed E-state index contributed by atoms with van der Waals surface area (Å²) in [6, 6.07) is 11.4. The van der Waals surface area contributed by atoms with Gasteiger partial charge in [-0.2, -0.15) is 13.2 Å². The molecule has 2 aromatic heterocycles. The van der Waals surface area contributed by atoms with Crippen LogP contribution in [0.3, 0.4) is 0 Å². The van der Waals surface area contributed by atoms with Gasteiger partial charge in [0.1, 0.15) is 5.75 Å². The third-order valence-electron chi connectivity index (χ3n) is 5.46. The van der Waals surface area contributed by atoms with Crippen molar-refractivity contribution in [1.82, 2.24) is 14.6 Å². The molecule has 0 aliphatic rings. The van der Waals surface area contributed by atoms with Gasteiger partial charge < -0.3 is 21.5 Å². The second-order valence-corrected chi connectivity index (χ2v) is 8.13. The predicted molar refractivity (Wildman–Crippen MR) is 127 cm³/mol. The zero-order chi connectivity index (χ0) is 25.3. The number of amides is 1. The second kappa shape index (κ2) is 9.16. The normalized spacial score (nSPS) is 11.6. The number of primary amides is 1. The molecule has 5 N–H and O–H groups in total. The number of anilines is 3. The molecule has 0 unspecified atom stereocenters. The number of benzene rings is 2. The first kappa shape index (κ1) is 23.9. The van der Waals surface area contributed by atoms with Crippen LogP contribution in [-0.2, 0) is 0 Å². The molecule has 35 heavy (non-hydrogen) atoms. The molecule has 8 nitrogen and oxygen atoms in total. The minimum atomic E-state index is -4.31. The van der Waals surface area contributed by atoms with E-state index in [1.807, 2.05) is 6.92 Å². The second-order valence-electron chi connectivity index (χ2n) is 8.13. The van der Waals surface area contributed by atoms with E-state index < -0.39 is 18.5 Å². The Morgan fingerprint density at radius 2 is 1.86 bits per heavy atom. The van der Waals surface area contributed by atoms with Crippen molar-refractivity contribution >= 4 is 28.7 Å². The van der Waals surface area contributed by atoms with E-state index in [1.54, 1.807) is 49.5 Å². The highest BCUT2D eigenvalue weighted by atomic mass is 19.4. The molecule has 0 atom stereocenters. The fourth-order valence-corrected chi connectivity index (χ4v) is 3.68. The van der Waals surface area contributed by atoms with Crippen molar-refractivity contribution in [3.8, 4) is 17.0 Å². The number of aromatic hydroxyl groups is 1. The van der Waals surface area contributed by atoms with Crippen LogP contribution in [0.2, 0.25) is 0 Å². The monoisotopic (exact) mass is 484 g/mol. The Morgan fingerprint density at radius 3 is 2.54 bits per heavy atom. The van der Waals surface area contributed by atoms with Gasteiger partial charge in [0.05, 0.1) is 24.0 Å². The van der Waals surface area contributed by atoms with E-state index in [-0.39, 0.29) is 12.3 Å². The minimum absolute atomic E-state index is 0.0519. The van der Waals surface area contributed by atoms with Crippen molar-refractivity contribution in [2.24, 2.45) is 5.73 Å². The van der Waals surface area contributed by atoms with Crippen LogP contribution in [0.5, 0.6) is 5.75 Å². The number of aromatic nitrogens is 3. The molecule has 2 heterocycles. The zero-order valence-electron chi connectivity index (χ0n) is 18.9. The van der Waals surface area contributed by atoms with Crippen LogP contribution in [0.4, 0.5) is 30.4 Å². The molecule has 0 saturated heterocycles. The van der Waals surface area contributed by atoms with Crippen molar-refractivity contribution in [2.75, 3.05) is 17.2 Å². The van der Waals surface area contributed by atoms with Crippen LogP contribution in [0.15, 0.2) is 48.7 Å². The van der Waals surface area contributed by atoms with Gasteiger partial charge in [0.2, 0.25) is 5.91 Å². The highest BCUT2D eigenvalue weighted by Gasteiger charge is 2.26. The van der Waals surface area contributed by atoms with Gasteiger partial charge in [0.15, 0.2) is 11.5 Å². The molecule has 0 saturated carbocycles. The Morgan fingerprint density at radius 1 is 1.09 bits per heavy atom. The van der Waals surface area contributed by atoms with Gasteiger partial charge in [-0.05, 0) is 43.2 Å². The third-order valence-corrected chi connectivity index (χ3v) is 5.46. The number of hydrogen-bond acceptors (Lipinski definition) is 6. The van der Waals surface area contributed by atoms with Gasteiger partial charge in [0.25, 0.3) is 0 Å². The number of nitrogens with zero attached hydrogens (tertiary/aromatic N) is 3. The number of halogens is 3. The molecular weight excluding hydrogens is 461 g/mol. The first-order valence-electron chi connectivity index (χ1n) is 10.7. The van der Waals surface area contributed by atoms with E-state index in [2.05, 4.69) is 20.7 Å². The number of fused-ring (bicyclic) bond motifs is 1. The molecular formula is C24H23F3N6O2. The van der Waals surface area contributed by atoms with Crippen molar-refractivity contribution < 1.29 is 23.1 Å². The van der Waals surface area contributed by atoms with Crippen molar-refractivity contribution in [2.45, 2.75) is 26.4 Å². The largest absolute Gasteiger partial charge is 0.508 e. The number of nitrogens with two attached hydrogens (primary N) is 1. The average Bonchev–Trinajstić information content (AvgIpc) is 3.19. The Kier molecular flexibility index (Phi) is 6.25. The van der Waals surface area contributed by atoms with Crippen LogP contribution in [-0.4, -0.2) is 38.3 Å². The van der Waals surface area contributed by atoms with Crippen LogP contribution < -0.4 is 16.4 Å². The van der Waals surface area contributed by atoms with E-state index in [4.69, 9.17) is 5.73 Å². The fourth-order valence-electron chi connectivity index (χ4n) is 3.68. The molecule has 4 aromatic rings. The maximum atomic E-state index is 12.7. The summed E-state index contributed by atoms with van der Waals surface area (Å²) >= 11 is 0. The first-order valence-corrected chi connectivity index (χ1v) is 10.7. The van der Waals surface area contributed by atoms with Gasteiger partial charge in [-0.3, -0.25) is 4.79 Å².